The molecule has 0 atom stereocenters. The largest absolute Gasteiger partial charge is 0.454 e. The Morgan fingerprint density at radius 2 is 0.823 bits per heavy atom. The molecule has 11 aromatic carbocycles. The zero-order chi connectivity index (χ0) is 41.0. The Hall–Kier alpha value is -8.20. The van der Waals surface area contributed by atoms with Gasteiger partial charge in [-0.05, 0) is 108 Å². The minimum Gasteiger partial charge on any atom is -0.454 e. The van der Waals surface area contributed by atoms with Gasteiger partial charge < -0.3 is 9.32 Å². The standard InChI is InChI=1S/C60H39NO/c1-3-19-41(20-4-1)58-52-30-10-9-28-49(52)50-37-36-44(39-54(50)59(58)42-21-5-2-6-22-42)48-27-11-13-33-55(48)61(56-34-17-32-53-51-29-12-14-35-57(51)62-60(53)56)45-25-15-24-43(38-45)47-31-16-23-40-18-7-8-26-46(40)47/h1-39H. The van der Waals surface area contributed by atoms with Gasteiger partial charge in [-0.2, -0.15) is 0 Å². The molecule has 12 aromatic rings. The molecular formula is C60H39NO. The van der Waals surface area contributed by atoms with E-state index in [0.29, 0.717) is 0 Å². The molecule has 290 valence electrons. The van der Waals surface area contributed by atoms with Crippen molar-refractivity contribution in [3.63, 3.8) is 0 Å². The van der Waals surface area contributed by atoms with Crippen LogP contribution >= 0.6 is 0 Å². The molecule has 0 fully saturated rings. The van der Waals surface area contributed by atoms with E-state index >= 15 is 0 Å². The number of furan rings is 1. The van der Waals surface area contributed by atoms with Crippen molar-refractivity contribution in [2.24, 2.45) is 0 Å². The highest BCUT2D eigenvalue weighted by Crippen LogP contribution is 2.49. The van der Waals surface area contributed by atoms with Crippen LogP contribution in [0.1, 0.15) is 0 Å². The fraction of sp³-hybridized carbons (Fsp3) is 0. The molecule has 0 amide bonds. The Bertz CT molecular complexity index is 3630. The van der Waals surface area contributed by atoms with Gasteiger partial charge in [0.25, 0.3) is 0 Å². The monoisotopic (exact) mass is 789 g/mol. The third-order valence-corrected chi connectivity index (χ3v) is 12.4. The van der Waals surface area contributed by atoms with E-state index in [1.807, 2.05) is 6.07 Å². The van der Waals surface area contributed by atoms with Crippen molar-refractivity contribution in [2.75, 3.05) is 4.90 Å². The molecule has 0 spiro atoms. The Morgan fingerprint density at radius 1 is 0.290 bits per heavy atom. The van der Waals surface area contributed by atoms with Crippen LogP contribution in [0.2, 0.25) is 0 Å². The average Bonchev–Trinajstić information content (AvgIpc) is 3.74. The van der Waals surface area contributed by atoms with Crippen LogP contribution in [0.25, 0.3) is 98.8 Å². The van der Waals surface area contributed by atoms with Gasteiger partial charge in [0, 0.05) is 22.0 Å². The van der Waals surface area contributed by atoms with Gasteiger partial charge >= 0.3 is 0 Å². The molecule has 0 unspecified atom stereocenters. The van der Waals surface area contributed by atoms with Crippen LogP contribution < -0.4 is 4.90 Å². The molecule has 12 rings (SSSR count). The van der Waals surface area contributed by atoms with Crippen LogP contribution in [0, 0.1) is 0 Å². The van der Waals surface area contributed by atoms with Gasteiger partial charge in [-0.25, -0.2) is 0 Å². The summed E-state index contributed by atoms with van der Waals surface area (Å²) in [6.45, 7) is 0. The lowest BCUT2D eigenvalue weighted by Gasteiger charge is -2.28. The fourth-order valence-corrected chi connectivity index (χ4v) is 9.69. The number of rotatable bonds is 7. The summed E-state index contributed by atoms with van der Waals surface area (Å²) in [5.41, 5.74) is 14.3. The molecule has 0 radical (unpaired) electrons. The Morgan fingerprint density at radius 3 is 1.65 bits per heavy atom. The summed E-state index contributed by atoms with van der Waals surface area (Å²) in [7, 11) is 0. The lowest BCUT2D eigenvalue weighted by atomic mass is 9.84. The summed E-state index contributed by atoms with van der Waals surface area (Å²) in [4.78, 5) is 2.40. The van der Waals surface area contributed by atoms with Crippen molar-refractivity contribution in [3.05, 3.63) is 237 Å². The smallest absolute Gasteiger partial charge is 0.159 e. The van der Waals surface area contributed by atoms with E-state index in [9.17, 15) is 0 Å². The van der Waals surface area contributed by atoms with Crippen LogP contribution in [-0.2, 0) is 0 Å². The molecule has 0 bridgehead atoms. The number of hydrogen-bond acceptors (Lipinski definition) is 2. The van der Waals surface area contributed by atoms with Crippen molar-refractivity contribution in [3.8, 4) is 44.5 Å². The van der Waals surface area contributed by atoms with Gasteiger partial charge in [-0.15, -0.1) is 0 Å². The van der Waals surface area contributed by atoms with Crippen molar-refractivity contribution < 1.29 is 4.42 Å². The highest BCUT2D eigenvalue weighted by molar-refractivity contribution is 6.22. The third-order valence-electron chi connectivity index (χ3n) is 12.4. The number of anilines is 3. The minimum absolute atomic E-state index is 0.850. The zero-order valence-electron chi connectivity index (χ0n) is 33.9. The highest BCUT2D eigenvalue weighted by atomic mass is 16.3. The maximum atomic E-state index is 6.80. The maximum Gasteiger partial charge on any atom is 0.159 e. The van der Waals surface area contributed by atoms with Gasteiger partial charge in [-0.3, -0.25) is 0 Å². The molecule has 1 heterocycles. The predicted molar refractivity (Wildman–Crippen MR) is 263 cm³/mol. The van der Waals surface area contributed by atoms with Crippen LogP contribution in [0.15, 0.2) is 241 Å². The number of hydrogen-bond donors (Lipinski definition) is 0. The molecule has 0 saturated heterocycles. The number of nitrogens with zero attached hydrogens (tertiary/aromatic N) is 1. The first-order chi connectivity index (χ1) is 30.8. The molecule has 62 heavy (non-hydrogen) atoms. The fourth-order valence-electron chi connectivity index (χ4n) is 9.69. The molecule has 0 aliphatic heterocycles. The Balaban J connectivity index is 1.13. The quantitative estimate of drug-likeness (QED) is 0.150. The van der Waals surface area contributed by atoms with E-state index in [1.54, 1.807) is 0 Å². The predicted octanol–water partition coefficient (Wildman–Crippen LogP) is 17.2. The molecule has 0 aliphatic rings. The Kier molecular flexibility index (Phi) is 8.53. The summed E-state index contributed by atoms with van der Waals surface area (Å²) in [6.07, 6.45) is 0. The SMILES string of the molecule is c1ccc(-c2c(-c3ccccc3)c3cc(-c4ccccc4N(c4cccc(-c5cccc6ccccc56)c4)c4cccc5c4oc4ccccc45)ccc3c3ccccc23)cc1. The molecule has 0 saturated carbocycles. The second kappa shape index (κ2) is 14.8. The van der Waals surface area contributed by atoms with Gasteiger partial charge in [0.15, 0.2) is 5.58 Å². The summed E-state index contributed by atoms with van der Waals surface area (Å²) in [5.74, 6) is 0. The molecule has 2 nitrogen and oxygen atoms in total. The number of benzene rings is 11. The second-order valence-corrected chi connectivity index (χ2v) is 16.0. The summed E-state index contributed by atoms with van der Waals surface area (Å²) >= 11 is 0. The van der Waals surface area contributed by atoms with Crippen LogP contribution in [-0.4, -0.2) is 0 Å². The lowest BCUT2D eigenvalue weighted by Crippen LogP contribution is -2.11. The van der Waals surface area contributed by atoms with E-state index in [0.717, 1.165) is 55.7 Å². The first-order valence-electron chi connectivity index (χ1n) is 21.3. The average molecular weight is 790 g/mol. The lowest BCUT2D eigenvalue weighted by molar-refractivity contribution is 0.669. The van der Waals surface area contributed by atoms with Crippen molar-refractivity contribution in [1.82, 2.24) is 0 Å². The summed E-state index contributed by atoms with van der Waals surface area (Å²) in [5, 5.41) is 9.57. The van der Waals surface area contributed by atoms with E-state index in [2.05, 4.69) is 235 Å². The van der Waals surface area contributed by atoms with Crippen LogP contribution in [0.5, 0.6) is 0 Å². The van der Waals surface area contributed by atoms with Gasteiger partial charge in [0.1, 0.15) is 5.58 Å². The summed E-state index contributed by atoms with van der Waals surface area (Å²) < 4.78 is 6.80. The first-order valence-corrected chi connectivity index (χ1v) is 21.3. The van der Waals surface area contributed by atoms with Crippen molar-refractivity contribution >= 4 is 71.3 Å². The Labute approximate surface area is 360 Å². The molecule has 2 heteroatoms. The number of para-hydroxylation sites is 3. The van der Waals surface area contributed by atoms with Crippen LogP contribution in [0.4, 0.5) is 17.1 Å². The molecule has 0 N–H and O–H groups in total. The second-order valence-electron chi connectivity index (χ2n) is 16.0. The minimum atomic E-state index is 0.850. The van der Waals surface area contributed by atoms with E-state index in [4.69, 9.17) is 4.42 Å². The zero-order valence-corrected chi connectivity index (χ0v) is 33.9. The van der Waals surface area contributed by atoms with Crippen molar-refractivity contribution in [2.45, 2.75) is 0 Å². The third kappa shape index (κ3) is 5.88. The molecular weight excluding hydrogens is 751 g/mol. The topological polar surface area (TPSA) is 16.4 Å². The van der Waals surface area contributed by atoms with Gasteiger partial charge in [-0.1, -0.05) is 200 Å². The van der Waals surface area contributed by atoms with Crippen molar-refractivity contribution in [1.29, 1.82) is 0 Å². The van der Waals surface area contributed by atoms with Crippen LogP contribution in [0.3, 0.4) is 0 Å². The molecule has 1 aromatic heterocycles. The van der Waals surface area contributed by atoms with E-state index < -0.39 is 0 Å². The van der Waals surface area contributed by atoms with E-state index in [1.165, 1.54) is 60.1 Å². The molecule has 0 aliphatic carbocycles. The normalized spacial score (nSPS) is 11.5. The first kappa shape index (κ1) is 35.7. The van der Waals surface area contributed by atoms with Gasteiger partial charge in [0.05, 0.1) is 11.4 Å². The number of fused-ring (bicyclic) bond motifs is 7. The summed E-state index contributed by atoms with van der Waals surface area (Å²) in [6, 6.07) is 85.5. The van der Waals surface area contributed by atoms with E-state index in [-0.39, 0.29) is 0 Å². The maximum absolute atomic E-state index is 6.80. The highest BCUT2D eigenvalue weighted by Gasteiger charge is 2.24. The van der Waals surface area contributed by atoms with Gasteiger partial charge in [0.2, 0.25) is 0 Å².